The van der Waals surface area contributed by atoms with Crippen molar-refractivity contribution in [2.45, 2.75) is 23.8 Å². The van der Waals surface area contributed by atoms with Gasteiger partial charge < -0.3 is 5.32 Å². The Kier molecular flexibility index (Phi) is 5.46. The van der Waals surface area contributed by atoms with Crippen molar-refractivity contribution in [1.29, 1.82) is 0 Å². The fourth-order valence-corrected chi connectivity index (χ4v) is 3.57. The summed E-state index contributed by atoms with van der Waals surface area (Å²) < 4.78 is 12.9. The lowest BCUT2D eigenvalue weighted by molar-refractivity contribution is -0.138. The molecule has 2 aromatic carbocycles. The van der Waals surface area contributed by atoms with E-state index in [1.165, 1.54) is 23.9 Å². The summed E-state index contributed by atoms with van der Waals surface area (Å²) in [6, 6.07) is 13.9. The highest BCUT2D eigenvalue weighted by Crippen LogP contribution is 2.31. The van der Waals surface area contributed by atoms with Crippen LogP contribution in [-0.2, 0) is 15.1 Å². The Morgan fingerprint density at radius 1 is 1.15 bits per heavy atom. The van der Waals surface area contributed by atoms with Gasteiger partial charge in [0.15, 0.2) is 0 Å². The lowest BCUT2D eigenvalue weighted by Gasteiger charge is -2.25. The van der Waals surface area contributed by atoms with Crippen molar-refractivity contribution in [1.82, 2.24) is 15.8 Å². The minimum atomic E-state index is -1.20. The number of carbonyl (C=O) groups is 3. The van der Waals surface area contributed by atoms with Crippen LogP contribution in [0.1, 0.15) is 18.9 Å². The average molecular weight is 387 g/mol. The summed E-state index contributed by atoms with van der Waals surface area (Å²) in [4.78, 5) is 38.1. The largest absolute Gasteiger partial charge is 0.344 e. The topological polar surface area (TPSA) is 78.5 Å². The number of hydrogen-bond donors (Lipinski definition) is 2. The normalized spacial score (nSPS) is 19.1. The smallest absolute Gasteiger partial charge is 0.318 e. The molecular formula is C19H18FN3O3S. The van der Waals surface area contributed by atoms with Crippen LogP contribution in [-0.4, -0.2) is 28.6 Å². The van der Waals surface area contributed by atoms with Crippen LogP contribution in [0, 0.1) is 5.82 Å². The third-order valence-electron chi connectivity index (χ3n) is 4.31. The van der Waals surface area contributed by atoms with E-state index in [0.717, 1.165) is 5.01 Å². The molecule has 1 aliphatic heterocycles. The first-order chi connectivity index (χ1) is 13.0. The molecule has 2 aromatic rings. The minimum absolute atomic E-state index is 0.0207. The standard InChI is InChI=1S/C19H18FN3O3S/c1-2-19(13-6-4-3-5-7-13)17(25)23(18(26)21-19)22-16(24)12-27-15-10-8-14(20)9-11-15/h3-11H,2,12H2,1H3,(H,21,26)(H,22,24). The molecule has 1 atom stereocenters. The number of thioether (sulfide) groups is 1. The van der Waals surface area contributed by atoms with Crippen LogP contribution in [0.2, 0.25) is 0 Å². The summed E-state index contributed by atoms with van der Waals surface area (Å²) in [5.74, 6) is -1.42. The fraction of sp³-hybridized carbons (Fsp3) is 0.211. The quantitative estimate of drug-likeness (QED) is 0.590. The van der Waals surface area contributed by atoms with Crippen LogP contribution in [0.5, 0.6) is 0 Å². The van der Waals surface area contributed by atoms with Gasteiger partial charge in [-0.25, -0.2) is 9.18 Å². The highest BCUT2D eigenvalue weighted by molar-refractivity contribution is 8.00. The second kappa shape index (κ2) is 7.79. The molecule has 2 N–H and O–H groups in total. The second-order valence-electron chi connectivity index (χ2n) is 5.97. The fourth-order valence-electron chi connectivity index (χ4n) is 2.88. The SMILES string of the molecule is CCC1(c2ccccc2)NC(=O)N(NC(=O)CSc2ccc(F)cc2)C1=O. The number of nitrogens with one attached hydrogen (secondary N) is 2. The van der Waals surface area contributed by atoms with Gasteiger partial charge in [-0.3, -0.25) is 15.0 Å². The number of imide groups is 1. The number of hydrazine groups is 1. The van der Waals surface area contributed by atoms with Gasteiger partial charge in [0.2, 0.25) is 5.91 Å². The number of hydrogen-bond acceptors (Lipinski definition) is 4. The number of amides is 4. The van der Waals surface area contributed by atoms with E-state index in [1.54, 1.807) is 43.3 Å². The first-order valence-electron chi connectivity index (χ1n) is 8.36. The molecule has 0 aromatic heterocycles. The molecule has 3 rings (SSSR count). The summed E-state index contributed by atoms with van der Waals surface area (Å²) >= 11 is 1.18. The zero-order chi connectivity index (χ0) is 19.4. The summed E-state index contributed by atoms with van der Waals surface area (Å²) in [7, 11) is 0. The van der Waals surface area contributed by atoms with Gasteiger partial charge in [0.25, 0.3) is 5.91 Å². The Hall–Kier alpha value is -2.87. The van der Waals surface area contributed by atoms with Gasteiger partial charge in [-0.15, -0.1) is 11.8 Å². The van der Waals surface area contributed by atoms with Crippen LogP contribution < -0.4 is 10.7 Å². The molecular weight excluding hydrogens is 369 g/mol. The van der Waals surface area contributed by atoms with E-state index >= 15 is 0 Å². The van der Waals surface area contributed by atoms with E-state index < -0.39 is 23.4 Å². The number of nitrogens with zero attached hydrogens (tertiary/aromatic N) is 1. The van der Waals surface area contributed by atoms with E-state index in [2.05, 4.69) is 10.7 Å². The van der Waals surface area contributed by atoms with Gasteiger partial charge in [-0.1, -0.05) is 37.3 Å². The van der Waals surface area contributed by atoms with Gasteiger partial charge in [-0.05, 0) is 36.2 Å². The molecule has 140 valence electrons. The highest BCUT2D eigenvalue weighted by Gasteiger charge is 2.52. The van der Waals surface area contributed by atoms with Crippen molar-refractivity contribution in [3.05, 3.63) is 66.0 Å². The zero-order valence-corrected chi connectivity index (χ0v) is 15.4. The van der Waals surface area contributed by atoms with Gasteiger partial charge in [0.05, 0.1) is 5.75 Å². The van der Waals surface area contributed by atoms with E-state index in [0.29, 0.717) is 16.9 Å². The van der Waals surface area contributed by atoms with Crippen LogP contribution in [0.25, 0.3) is 0 Å². The lowest BCUT2D eigenvalue weighted by Crippen LogP contribution is -2.49. The highest BCUT2D eigenvalue weighted by atomic mass is 32.2. The monoisotopic (exact) mass is 387 g/mol. The summed E-state index contributed by atoms with van der Waals surface area (Å²) in [5, 5.41) is 3.42. The van der Waals surface area contributed by atoms with Crippen LogP contribution in [0.3, 0.4) is 0 Å². The molecule has 0 bridgehead atoms. The van der Waals surface area contributed by atoms with Crippen LogP contribution in [0.4, 0.5) is 9.18 Å². The first kappa shape index (κ1) is 18.9. The average Bonchev–Trinajstić information content (AvgIpc) is 2.93. The van der Waals surface area contributed by atoms with E-state index in [1.807, 2.05) is 6.07 Å². The third-order valence-corrected chi connectivity index (χ3v) is 5.32. The van der Waals surface area contributed by atoms with E-state index in [4.69, 9.17) is 0 Å². The molecule has 1 heterocycles. The van der Waals surface area contributed by atoms with Crippen molar-refractivity contribution >= 4 is 29.6 Å². The molecule has 1 fully saturated rings. The van der Waals surface area contributed by atoms with Gasteiger partial charge in [0.1, 0.15) is 11.4 Å². The molecule has 0 spiro atoms. The molecule has 1 saturated heterocycles. The number of rotatable bonds is 6. The number of benzene rings is 2. The Labute approximate surface area is 160 Å². The van der Waals surface area contributed by atoms with Crippen molar-refractivity contribution in [2.24, 2.45) is 0 Å². The van der Waals surface area contributed by atoms with Crippen molar-refractivity contribution in [3.8, 4) is 0 Å². The summed E-state index contributed by atoms with van der Waals surface area (Å²) in [6.45, 7) is 1.79. The second-order valence-corrected chi connectivity index (χ2v) is 7.02. The first-order valence-corrected chi connectivity index (χ1v) is 9.35. The molecule has 1 aliphatic rings. The van der Waals surface area contributed by atoms with Gasteiger partial charge in [0, 0.05) is 4.90 Å². The van der Waals surface area contributed by atoms with Gasteiger partial charge >= 0.3 is 6.03 Å². The number of urea groups is 1. The Bertz CT molecular complexity index is 860. The zero-order valence-electron chi connectivity index (χ0n) is 14.6. The Morgan fingerprint density at radius 3 is 2.44 bits per heavy atom. The van der Waals surface area contributed by atoms with Crippen molar-refractivity contribution < 1.29 is 18.8 Å². The number of carbonyl (C=O) groups excluding carboxylic acids is 3. The van der Waals surface area contributed by atoms with Crippen LogP contribution in [0.15, 0.2) is 59.5 Å². The van der Waals surface area contributed by atoms with Gasteiger partial charge in [-0.2, -0.15) is 5.01 Å². The predicted molar refractivity (Wildman–Crippen MR) is 99.1 cm³/mol. The molecule has 27 heavy (non-hydrogen) atoms. The lowest BCUT2D eigenvalue weighted by atomic mass is 9.87. The summed E-state index contributed by atoms with van der Waals surface area (Å²) in [5.41, 5.74) is 1.81. The molecule has 0 radical (unpaired) electrons. The van der Waals surface area contributed by atoms with Crippen molar-refractivity contribution in [2.75, 3.05) is 5.75 Å². The maximum atomic E-state index is 12.9. The molecule has 0 aliphatic carbocycles. The third kappa shape index (κ3) is 3.80. The van der Waals surface area contributed by atoms with E-state index in [-0.39, 0.29) is 11.6 Å². The molecule has 6 nitrogen and oxygen atoms in total. The summed E-state index contributed by atoms with van der Waals surface area (Å²) in [6.07, 6.45) is 0.346. The Balaban J connectivity index is 1.68. The maximum Gasteiger partial charge on any atom is 0.344 e. The molecule has 4 amide bonds. The molecule has 8 heteroatoms. The van der Waals surface area contributed by atoms with Crippen molar-refractivity contribution in [3.63, 3.8) is 0 Å². The minimum Gasteiger partial charge on any atom is -0.318 e. The van der Waals surface area contributed by atoms with E-state index in [9.17, 15) is 18.8 Å². The molecule has 0 saturated carbocycles. The molecule has 1 unspecified atom stereocenters. The van der Waals surface area contributed by atoms with Crippen LogP contribution >= 0.6 is 11.8 Å². The maximum absolute atomic E-state index is 12.9. The Morgan fingerprint density at radius 2 is 1.81 bits per heavy atom. The predicted octanol–water partition coefficient (Wildman–Crippen LogP) is 2.81. The number of halogens is 1.